The van der Waals surface area contributed by atoms with Crippen molar-refractivity contribution in [3.63, 3.8) is 0 Å². The summed E-state index contributed by atoms with van der Waals surface area (Å²) >= 11 is 0. The van der Waals surface area contributed by atoms with Crippen LogP contribution in [-0.2, 0) is 11.3 Å². The molecule has 2 N–H and O–H groups in total. The lowest BCUT2D eigenvalue weighted by atomic mass is 10.1. The molecule has 20 heavy (non-hydrogen) atoms. The summed E-state index contributed by atoms with van der Waals surface area (Å²) in [5.41, 5.74) is 0.823. The van der Waals surface area contributed by atoms with Gasteiger partial charge < -0.3 is 10.6 Å². The Labute approximate surface area is 118 Å². The molecule has 1 atom stereocenters. The van der Waals surface area contributed by atoms with E-state index in [-0.39, 0.29) is 17.5 Å². The highest BCUT2D eigenvalue weighted by atomic mass is 19.3. The van der Waals surface area contributed by atoms with Crippen molar-refractivity contribution < 1.29 is 13.6 Å². The van der Waals surface area contributed by atoms with E-state index in [1.54, 1.807) is 12.1 Å². The highest BCUT2D eigenvalue weighted by Gasteiger charge is 2.07. The Morgan fingerprint density at radius 1 is 1.35 bits per heavy atom. The summed E-state index contributed by atoms with van der Waals surface area (Å²) in [4.78, 5) is 11.5. The molecule has 0 heterocycles. The van der Waals surface area contributed by atoms with Gasteiger partial charge in [-0.25, -0.2) is 8.78 Å². The molecule has 1 unspecified atom stereocenters. The van der Waals surface area contributed by atoms with Crippen molar-refractivity contribution in [2.75, 3.05) is 6.54 Å². The summed E-state index contributed by atoms with van der Waals surface area (Å²) in [6.07, 6.45) is -1.16. The molecule has 0 spiro atoms. The first-order valence-corrected chi connectivity index (χ1v) is 6.90. The Hall–Kier alpha value is -1.49. The molecule has 5 heteroatoms. The van der Waals surface area contributed by atoms with Crippen molar-refractivity contribution >= 4 is 5.91 Å². The van der Waals surface area contributed by atoms with Crippen LogP contribution in [0.25, 0.3) is 0 Å². The fourth-order valence-electron chi connectivity index (χ4n) is 1.72. The third-order valence-electron chi connectivity index (χ3n) is 3.08. The number of hydrogen-bond acceptors (Lipinski definition) is 2. The van der Waals surface area contributed by atoms with E-state index in [9.17, 15) is 13.6 Å². The first-order valence-electron chi connectivity index (χ1n) is 6.90. The van der Waals surface area contributed by atoms with Gasteiger partial charge in [-0.3, -0.25) is 4.79 Å². The molecule has 1 aromatic rings. The van der Waals surface area contributed by atoms with Crippen molar-refractivity contribution in [2.24, 2.45) is 0 Å². The van der Waals surface area contributed by atoms with E-state index in [0.29, 0.717) is 19.5 Å². The molecule has 3 nitrogen and oxygen atoms in total. The van der Waals surface area contributed by atoms with Crippen LogP contribution in [-0.4, -0.2) is 18.5 Å². The Morgan fingerprint density at radius 3 is 2.75 bits per heavy atom. The lowest BCUT2D eigenvalue weighted by Gasteiger charge is -2.11. The number of hydrogen-bond donors (Lipinski definition) is 2. The first-order chi connectivity index (χ1) is 9.52. The maximum Gasteiger partial charge on any atom is 0.263 e. The number of benzene rings is 1. The van der Waals surface area contributed by atoms with Crippen LogP contribution in [0.3, 0.4) is 0 Å². The Balaban J connectivity index is 2.27. The van der Waals surface area contributed by atoms with Crippen molar-refractivity contribution in [3.05, 3.63) is 35.4 Å². The molecule has 1 amide bonds. The summed E-state index contributed by atoms with van der Waals surface area (Å²) in [5, 5.41) is 5.96. The number of nitrogens with one attached hydrogen (secondary N) is 2. The van der Waals surface area contributed by atoms with Crippen LogP contribution < -0.4 is 10.6 Å². The minimum atomic E-state index is -2.45. The molecule has 0 saturated carbocycles. The first kappa shape index (κ1) is 16.6. The van der Waals surface area contributed by atoms with Crippen LogP contribution in [0.1, 0.15) is 44.2 Å². The molecule has 0 radical (unpaired) electrons. The van der Waals surface area contributed by atoms with E-state index >= 15 is 0 Å². The SMILES string of the molecule is CCC(C)NC(=O)CCNCc1cccc(C(F)F)c1. The topological polar surface area (TPSA) is 41.1 Å². The Kier molecular flexibility index (Phi) is 7.15. The van der Waals surface area contributed by atoms with Gasteiger partial charge >= 0.3 is 0 Å². The summed E-state index contributed by atoms with van der Waals surface area (Å²) in [6, 6.07) is 6.49. The second kappa shape index (κ2) is 8.64. The highest BCUT2D eigenvalue weighted by Crippen LogP contribution is 2.19. The van der Waals surface area contributed by atoms with Gasteiger partial charge in [-0.05, 0) is 25.0 Å². The smallest absolute Gasteiger partial charge is 0.263 e. The van der Waals surface area contributed by atoms with E-state index in [4.69, 9.17) is 0 Å². The molecule has 0 aliphatic carbocycles. The van der Waals surface area contributed by atoms with Gasteiger partial charge in [0, 0.05) is 31.1 Å². The van der Waals surface area contributed by atoms with Crippen LogP contribution in [0.15, 0.2) is 24.3 Å². The number of alkyl halides is 2. The molecular weight excluding hydrogens is 262 g/mol. The van der Waals surface area contributed by atoms with Gasteiger partial charge in [-0.1, -0.05) is 25.1 Å². The number of carbonyl (C=O) groups is 1. The van der Waals surface area contributed by atoms with Crippen molar-refractivity contribution in [1.82, 2.24) is 10.6 Å². The van der Waals surface area contributed by atoms with Crippen molar-refractivity contribution in [2.45, 2.75) is 45.7 Å². The molecule has 0 saturated heterocycles. The Bertz CT molecular complexity index is 424. The average Bonchev–Trinajstić information content (AvgIpc) is 2.43. The lowest BCUT2D eigenvalue weighted by molar-refractivity contribution is -0.121. The molecule has 1 rings (SSSR count). The summed E-state index contributed by atoms with van der Waals surface area (Å²) in [5.74, 6) is 0.00758. The zero-order valence-corrected chi connectivity index (χ0v) is 12.0. The molecule has 0 aliphatic heterocycles. The molecule has 0 fully saturated rings. The van der Waals surface area contributed by atoms with Gasteiger partial charge in [0.2, 0.25) is 5.91 Å². The molecule has 112 valence electrons. The molecule has 0 bridgehead atoms. The van der Waals surface area contributed by atoms with E-state index in [2.05, 4.69) is 10.6 Å². The van der Waals surface area contributed by atoms with Crippen LogP contribution in [0, 0.1) is 0 Å². The fourth-order valence-corrected chi connectivity index (χ4v) is 1.72. The standard InChI is InChI=1S/C15H22F2N2O/c1-3-11(2)19-14(20)7-8-18-10-12-5-4-6-13(9-12)15(16)17/h4-6,9,11,15,18H,3,7-8,10H2,1-2H3,(H,19,20). The summed E-state index contributed by atoms with van der Waals surface area (Å²) in [7, 11) is 0. The zero-order valence-electron chi connectivity index (χ0n) is 12.0. The summed E-state index contributed by atoms with van der Waals surface area (Å²) in [6.45, 7) is 4.98. The summed E-state index contributed by atoms with van der Waals surface area (Å²) < 4.78 is 25.0. The predicted octanol–water partition coefficient (Wildman–Crippen LogP) is 3.02. The van der Waals surface area contributed by atoms with Crippen LogP contribution in [0.5, 0.6) is 0 Å². The fraction of sp³-hybridized carbons (Fsp3) is 0.533. The van der Waals surface area contributed by atoms with E-state index in [1.807, 2.05) is 13.8 Å². The van der Waals surface area contributed by atoms with E-state index in [1.165, 1.54) is 12.1 Å². The second-order valence-corrected chi connectivity index (χ2v) is 4.85. The molecule has 1 aromatic carbocycles. The van der Waals surface area contributed by atoms with E-state index < -0.39 is 6.43 Å². The molecule has 0 aliphatic rings. The molecule has 0 aromatic heterocycles. The van der Waals surface area contributed by atoms with Gasteiger partial charge in [0.25, 0.3) is 6.43 Å². The zero-order chi connectivity index (χ0) is 15.0. The number of amides is 1. The van der Waals surface area contributed by atoms with Gasteiger partial charge in [0.1, 0.15) is 0 Å². The van der Waals surface area contributed by atoms with Crippen LogP contribution in [0.4, 0.5) is 8.78 Å². The highest BCUT2D eigenvalue weighted by molar-refractivity contribution is 5.76. The van der Waals surface area contributed by atoms with Gasteiger partial charge in [-0.2, -0.15) is 0 Å². The quantitative estimate of drug-likeness (QED) is 0.720. The number of halogens is 2. The van der Waals surface area contributed by atoms with Gasteiger partial charge in [0.15, 0.2) is 0 Å². The normalized spacial score (nSPS) is 12.4. The predicted molar refractivity (Wildman–Crippen MR) is 75.6 cm³/mol. The maximum absolute atomic E-state index is 12.5. The maximum atomic E-state index is 12.5. The Morgan fingerprint density at radius 2 is 2.10 bits per heavy atom. The molecular formula is C15H22F2N2O. The monoisotopic (exact) mass is 284 g/mol. The number of carbonyl (C=O) groups excluding carboxylic acids is 1. The third-order valence-corrected chi connectivity index (χ3v) is 3.08. The van der Waals surface area contributed by atoms with Crippen LogP contribution in [0.2, 0.25) is 0 Å². The van der Waals surface area contributed by atoms with Crippen molar-refractivity contribution in [3.8, 4) is 0 Å². The third kappa shape index (κ3) is 6.10. The minimum Gasteiger partial charge on any atom is -0.354 e. The largest absolute Gasteiger partial charge is 0.354 e. The second-order valence-electron chi connectivity index (χ2n) is 4.85. The van der Waals surface area contributed by atoms with Crippen LogP contribution >= 0.6 is 0 Å². The van der Waals surface area contributed by atoms with E-state index in [0.717, 1.165) is 12.0 Å². The van der Waals surface area contributed by atoms with Gasteiger partial charge in [0.05, 0.1) is 0 Å². The average molecular weight is 284 g/mol. The minimum absolute atomic E-state index is 0.00758. The van der Waals surface area contributed by atoms with Gasteiger partial charge in [-0.15, -0.1) is 0 Å². The van der Waals surface area contributed by atoms with Crippen molar-refractivity contribution in [1.29, 1.82) is 0 Å². The lowest BCUT2D eigenvalue weighted by Crippen LogP contribution is -2.33. The number of rotatable bonds is 8.